The van der Waals surface area contributed by atoms with Crippen molar-refractivity contribution in [2.24, 2.45) is 0 Å². The Balaban J connectivity index is 2.34. The molecule has 2 aromatic rings. The van der Waals surface area contributed by atoms with Crippen LogP contribution in [0.4, 0.5) is 5.69 Å². The normalized spacial score (nSPS) is 11.6. The summed E-state index contributed by atoms with van der Waals surface area (Å²) in [5.41, 5.74) is 1.06. The number of nitrogens with one attached hydrogen (secondary N) is 1. The van der Waals surface area contributed by atoms with Gasteiger partial charge in [0.2, 0.25) is 5.78 Å². The third-order valence-electron chi connectivity index (χ3n) is 3.33. The molecule has 1 N–H and O–H groups in total. The molecule has 0 aromatic carbocycles. The van der Waals surface area contributed by atoms with Gasteiger partial charge in [-0.3, -0.25) is 4.79 Å². The average molecular weight is 347 g/mol. The molecule has 0 aliphatic heterocycles. The van der Waals surface area contributed by atoms with Crippen molar-refractivity contribution >= 4 is 40.0 Å². The molecule has 0 radical (unpaired) electrons. The predicted octanol–water partition coefficient (Wildman–Crippen LogP) is 2.63. The van der Waals surface area contributed by atoms with Gasteiger partial charge in [-0.25, -0.2) is 0 Å². The standard InChI is InChI=1S/C17H19N3OS2/c1-4-9-18-17(22)15(16(21)14-6-5-12-23-14)20-10-7-13(8-11-20)19(2)3/h4-8,10-12,15H,1,9H2,2-3H3/p+1/t15-/m0/s1. The second-order valence-corrected chi connectivity index (χ2v) is 6.56. The molecule has 2 heterocycles. The highest BCUT2D eigenvalue weighted by molar-refractivity contribution is 7.80. The maximum absolute atomic E-state index is 12.9. The second-order valence-electron chi connectivity index (χ2n) is 5.18. The van der Waals surface area contributed by atoms with E-state index in [-0.39, 0.29) is 5.78 Å². The van der Waals surface area contributed by atoms with Crippen LogP contribution in [0.15, 0.2) is 54.7 Å². The minimum atomic E-state index is -0.556. The Morgan fingerprint density at radius 2 is 2.13 bits per heavy atom. The number of nitrogens with zero attached hydrogens (tertiary/aromatic N) is 2. The zero-order valence-corrected chi connectivity index (χ0v) is 14.9. The highest BCUT2D eigenvalue weighted by Crippen LogP contribution is 2.17. The first-order valence-electron chi connectivity index (χ1n) is 7.19. The molecule has 1 atom stereocenters. The van der Waals surface area contributed by atoms with Crippen LogP contribution in [-0.2, 0) is 0 Å². The average Bonchev–Trinajstić information content (AvgIpc) is 3.08. The first-order valence-corrected chi connectivity index (χ1v) is 8.48. The van der Waals surface area contributed by atoms with Gasteiger partial charge >= 0.3 is 0 Å². The Morgan fingerprint density at radius 3 is 2.65 bits per heavy atom. The molecule has 6 heteroatoms. The van der Waals surface area contributed by atoms with Crippen molar-refractivity contribution in [3.8, 4) is 0 Å². The monoisotopic (exact) mass is 346 g/mol. The number of anilines is 1. The van der Waals surface area contributed by atoms with Gasteiger partial charge in [-0.15, -0.1) is 17.9 Å². The minimum absolute atomic E-state index is 0.0100. The van der Waals surface area contributed by atoms with E-state index in [4.69, 9.17) is 12.2 Å². The van der Waals surface area contributed by atoms with Crippen molar-refractivity contribution in [1.82, 2.24) is 5.32 Å². The number of ketones is 1. The van der Waals surface area contributed by atoms with Gasteiger partial charge in [-0.2, -0.15) is 4.57 Å². The van der Waals surface area contributed by atoms with Gasteiger partial charge in [0.1, 0.15) is 0 Å². The van der Waals surface area contributed by atoms with Gasteiger partial charge in [0, 0.05) is 38.5 Å². The maximum Gasteiger partial charge on any atom is 0.271 e. The Kier molecular flexibility index (Phi) is 6.01. The number of rotatable bonds is 7. The Labute approximate surface area is 146 Å². The lowest BCUT2D eigenvalue weighted by Crippen LogP contribution is -2.51. The van der Waals surface area contributed by atoms with Crippen LogP contribution in [0.1, 0.15) is 15.7 Å². The van der Waals surface area contributed by atoms with Crippen molar-refractivity contribution < 1.29 is 9.36 Å². The van der Waals surface area contributed by atoms with E-state index in [0.717, 1.165) is 5.69 Å². The molecule has 0 aliphatic rings. The van der Waals surface area contributed by atoms with Gasteiger partial charge in [-0.1, -0.05) is 24.4 Å². The number of thiocarbonyl (C=S) groups is 1. The summed E-state index contributed by atoms with van der Waals surface area (Å²) in [6.45, 7) is 4.20. The third kappa shape index (κ3) is 4.24. The number of hydrogen-bond acceptors (Lipinski definition) is 4. The summed E-state index contributed by atoms with van der Waals surface area (Å²) < 4.78 is 1.84. The topological polar surface area (TPSA) is 36.2 Å². The van der Waals surface area contributed by atoms with Crippen LogP contribution >= 0.6 is 23.6 Å². The molecule has 0 spiro atoms. The lowest BCUT2D eigenvalue weighted by molar-refractivity contribution is -0.692. The highest BCUT2D eigenvalue weighted by atomic mass is 32.1. The SMILES string of the molecule is C=CCNC(=S)[C@H](C(=O)c1cccs1)[n+]1ccc(N(C)C)cc1. The predicted molar refractivity (Wildman–Crippen MR) is 99.4 cm³/mol. The van der Waals surface area contributed by atoms with Crippen LogP contribution in [0.25, 0.3) is 0 Å². The van der Waals surface area contributed by atoms with Crippen LogP contribution in [-0.4, -0.2) is 31.4 Å². The summed E-state index contributed by atoms with van der Waals surface area (Å²) in [7, 11) is 3.95. The molecule has 0 fully saturated rings. The molecule has 0 saturated carbocycles. The number of carbonyl (C=O) groups excluding carboxylic acids is 1. The first-order chi connectivity index (χ1) is 11.0. The maximum atomic E-state index is 12.9. The Bertz CT molecular complexity index is 678. The molecule has 0 bridgehead atoms. The lowest BCUT2D eigenvalue weighted by Gasteiger charge is -2.15. The largest absolute Gasteiger partial charge is 0.377 e. The molecule has 0 saturated heterocycles. The molecule has 0 unspecified atom stereocenters. The number of pyridine rings is 1. The number of thiophene rings is 1. The van der Waals surface area contributed by atoms with Crippen molar-refractivity contribution in [2.75, 3.05) is 25.5 Å². The number of Topliss-reactive ketones (excluding diaryl/α,β-unsaturated/α-hetero) is 1. The van der Waals surface area contributed by atoms with E-state index < -0.39 is 6.04 Å². The molecule has 2 aromatic heterocycles. The molecular formula is C17H20N3OS2+. The number of hydrogen-bond donors (Lipinski definition) is 1. The Morgan fingerprint density at radius 1 is 1.43 bits per heavy atom. The summed E-state index contributed by atoms with van der Waals surface area (Å²) in [6, 6.07) is 7.06. The highest BCUT2D eigenvalue weighted by Gasteiger charge is 2.33. The van der Waals surface area contributed by atoms with Crippen LogP contribution in [0.3, 0.4) is 0 Å². The zero-order valence-electron chi connectivity index (χ0n) is 13.2. The summed E-state index contributed by atoms with van der Waals surface area (Å²) in [6.07, 6.45) is 5.49. The summed E-state index contributed by atoms with van der Waals surface area (Å²) in [5.74, 6) is -0.0100. The lowest BCUT2D eigenvalue weighted by atomic mass is 10.1. The fourth-order valence-electron chi connectivity index (χ4n) is 2.11. The Hall–Kier alpha value is -2.05. The van der Waals surface area contributed by atoms with E-state index in [2.05, 4.69) is 11.9 Å². The van der Waals surface area contributed by atoms with E-state index in [9.17, 15) is 4.79 Å². The minimum Gasteiger partial charge on any atom is -0.377 e. The number of aromatic nitrogens is 1. The van der Waals surface area contributed by atoms with E-state index in [1.54, 1.807) is 6.08 Å². The second kappa shape index (κ2) is 7.99. The van der Waals surface area contributed by atoms with E-state index in [1.807, 2.05) is 65.6 Å². The van der Waals surface area contributed by atoms with Crippen molar-refractivity contribution in [2.45, 2.75) is 6.04 Å². The van der Waals surface area contributed by atoms with Crippen LogP contribution in [0.2, 0.25) is 0 Å². The fourth-order valence-corrected chi connectivity index (χ4v) is 3.11. The van der Waals surface area contributed by atoms with E-state index >= 15 is 0 Å². The fraction of sp³-hybridized carbons (Fsp3) is 0.235. The molecule has 120 valence electrons. The molecule has 2 rings (SSSR count). The quantitative estimate of drug-likeness (QED) is 0.362. The molecular weight excluding hydrogens is 326 g/mol. The smallest absolute Gasteiger partial charge is 0.271 e. The van der Waals surface area contributed by atoms with Crippen molar-refractivity contribution in [1.29, 1.82) is 0 Å². The number of carbonyl (C=O) groups is 1. The summed E-state index contributed by atoms with van der Waals surface area (Å²) in [4.78, 5) is 16.1. The van der Waals surface area contributed by atoms with Crippen LogP contribution < -0.4 is 14.8 Å². The summed E-state index contributed by atoms with van der Waals surface area (Å²) in [5, 5.41) is 4.97. The van der Waals surface area contributed by atoms with Gasteiger partial charge in [0.15, 0.2) is 17.4 Å². The molecule has 4 nitrogen and oxygen atoms in total. The van der Waals surface area contributed by atoms with Crippen molar-refractivity contribution in [3.63, 3.8) is 0 Å². The van der Waals surface area contributed by atoms with Gasteiger partial charge in [0.05, 0.1) is 4.88 Å². The van der Waals surface area contributed by atoms with Gasteiger partial charge in [0.25, 0.3) is 6.04 Å². The third-order valence-corrected chi connectivity index (χ3v) is 4.58. The zero-order chi connectivity index (χ0) is 16.8. The van der Waals surface area contributed by atoms with Gasteiger partial charge < -0.3 is 10.2 Å². The molecule has 0 aliphatic carbocycles. The molecule has 23 heavy (non-hydrogen) atoms. The first kappa shape index (κ1) is 17.3. The van der Waals surface area contributed by atoms with Crippen LogP contribution in [0, 0.1) is 0 Å². The van der Waals surface area contributed by atoms with E-state index in [0.29, 0.717) is 16.4 Å². The molecule has 0 amide bonds. The van der Waals surface area contributed by atoms with Gasteiger partial charge in [-0.05, 0) is 11.4 Å². The summed E-state index contributed by atoms with van der Waals surface area (Å²) >= 11 is 6.88. The van der Waals surface area contributed by atoms with E-state index in [1.165, 1.54) is 11.3 Å². The van der Waals surface area contributed by atoms with Crippen LogP contribution in [0.5, 0.6) is 0 Å². The van der Waals surface area contributed by atoms with Crippen molar-refractivity contribution in [3.05, 3.63) is 59.6 Å².